The summed E-state index contributed by atoms with van der Waals surface area (Å²) in [6.45, 7) is 7.27. The summed E-state index contributed by atoms with van der Waals surface area (Å²) in [5, 5.41) is 2.47. The lowest BCUT2D eigenvalue weighted by molar-refractivity contribution is -0.141. The van der Waals surface area contributed by atoms with Gasteiger partial charge in [-0.15, -0.1) is 0 Å². The number of esters is 1. The molecule has 1 N–H and O–H groups in total. The van der Waals surface area contributed by atoms with Crippen molar-refractivity contribution in [1.82, 2.24) is 9.88 Å². The quantitative estimate of drug-likeness (QED) is 0.567. The van der Waals surface area contributed by atoms with E-state index in [1.54, 1.807) is 18.2 Å². The Balaban J connectivity index is 1.50. The second-order valence-electron chi connectivity index (χ2n) is 7.08. The maximum Gasteiger partial charge on any atom is 0.325 e. The number of ketones is 1. The minimum absolute atomic E-state index is 0.111. The van der Waals surface area contributed by atoms with E-state index in [1.165, 1.54) is 6.07 Å². The van der Waals surface area contributed by atoms with Crippen LogP contribution in [0.15, 0.2) is 24.3 Å². The number of rotatable bonds is 7. The summed E-state index contributed by atoms with van der Waals surface area (Å²) in [5.41, 5.74) is 2.69. The van der Waals surface area contributed by atoms with Crippen LogP contribution < -0.4 is 14.8 Å². The molecule has 1 aliphatic heterocycles. The fourth-order valence-corrected chi connectivity index (χ4v) is 3.42. The molecule has 2 aromatic rings. The zero-order valence-electron chi connectivity index (χ0n) is 16.9. The van der Waals surface area contributed by atoms with Gasteiger partial charge in [-0.05, 0) is 52.0 Å². The van der Waals surface area contributed by atoms with Gasteiger partial charge >= 0.3 is 5.97 Å². The molecule has 8 nitrogen and oxygen atoms in total. The Morgan fingerprint density at radius 1 is 1.14 bits per heavy atom. The second kappa shape index (κ2) is 8.38. The van der Waals surface area contributed by atoms with Crippen molar-refractivity contribution in [1.29, 1.82) is 0 Å². The molecule has 8 heteroatoms. The third-order valence-corrected chi connectivity index (χ3v) is 4.69. The van der Waals surface area contributed by atoms with E-state index < -0.39 is 11.9 Å². The highest BCUT2D eigenvalue weighted by atomic mass is 16.7. The Kier molecular flexibility index (Phi) is 5.91. The summed E-state index contributed by atoms with van der Waals surface area (Å²) in [6, 6.07) is 6.76. The van der Waals surface area contributed by atoms with Crippen LogP contribution in [0.3, 0.4) is 0 Å². The topological polar surface area (TPSA) is 95.9 Å². The predicted octanol–water partition coefficient (Wildman–Crippen LogP) is 2.57. The summed E-state index contributed by atoms with van der Waals surface area (Å²) in [4.78, 5) is 36.5. The molecule has 1 aromatic carbocycles. The lowest BCUT2D eigenvalue weighted by Gasteiger charge is -2.13. The van der Waals surface area contributed by atoms with E-state index in [1.807, 2.05) is 27.7 Å². The molecular weight excluding hydrogens is 376 g/mol. The summed E-state index contributed by atoms with van der Waals surface area (Å²) < 4.78 is 17.5. The maximum absolute atomic E-state index is 12.4. The predicted molar refractivity (Wildman–Crippen MR) is 104 cm³/mol. The Hall–Kier alpha value is -3.29. The lowest BCUT2D eigenvalue weighted by atomic mass is 10.1. The third-order valence-electron chi connectivity index (χ3n) is 4.69. The molecule has 154 valence electrons. The van der Waals surface area contributed by atoms with Gasteiger partial charge in [0.05, 0.1) is 0 Å². The SMILES string of the molecule is Cc1cc(C(=O)COC(=O)CNC(=O)c2ccc3c(c2)OCO3)c(C)n1C(C)C. The van der Waals surface area contributed by atoms with Crippen molar-refractivity contribution >= 4 is 17.7 Å². The normalized spacial score (nSPS) is 12.2. The van der Waals surface area contributed by atoms with Crippen LogP contribution in [-0.2, 0) is 9.53 Å². The number of amides is 1. The number of hydrogen-bond acceptors (Lipinski definition) is 6. The highest BCUT2D eigenvalue weighted by Gasteiger charge is 2.19. The number of nitrogens with one attached hydrogen (secondary N) is 1. The van der Waals surface area contributed by atoms with Crippen molar-refractivity contribution in [2.75, 3.05) is 19.9 Å². The van der Waals surface area contributed by atoms with E-state index in [-0.39, 0.29) is 31.8 Å². The third kappa shape index (κ3) is 4.42. The first-order valence-corrected chi connectivity index (χ1v) is 9.33. The second-order valence-corrected chi connectivity index (χ2v) is 7.08. The van der Waals surface area contributed by atoms with Gasteiger partial charge in [0.2, 0.25) is 12.6 Å². The standard InChI is InChI=1S/C21H24N2O6/c1-12(2)23-13(3)7-16(14(23)4)17(24)10-27-20(25)9-22-21(26)15-5-6-18-19(8-15)29-11-28-18/h5-8,12H,9-11H2,1-4H3,(H,22,26). The summed E-state index contributed by atoms with van der Waals surface area (Å²) in [7, 11) is 0. The molecule has 0 atom stereocenters. The fourth-order valence-electron chi connectivity index (χ4n) is 3.42. The van der Waals surface area contributed by atoms with Gasteiger partial charge in [-0.25, -0.2) is 0 Å². The molecule has 29 heavy (non-hydrogen) atoms. The van der Waals surface area contributed by atoms with Crippen molar-refractivity contribution in [2.24, 2.45) is 0 Å². The van der Waals surface area contributed by atoms with Crippen molar-refractivity contribution in [3.63, 3.8) is 0 Å². The van der Waals surface area contributed by atoms with E-state index in [4.69, 9.17) is 14.2 Å². The number of carbonyl (C=O) groups is 3. The number of aryl methyl sites for hydroxylation is 1. The molecular formula is C21H24N2O6. The molecule has 0 fully saturated rings. The van der Waals surface area contributed by atoms with Gasteiger partial charge in [0.15, 0.2) is 18.1 Å². The molecule has 0 saturated carbocycles. The number of Topliss-reactive ketones (excluding diaryl/α,β-unsaturated/α-hetero) is 1. The Bertz CT molecular complexity index is 960. The highest BCUT2D eigenvalue weighted by Crippen LogP contribution is 2.32. The van der Waals surface area contributed by atoms with Crippen LogP contribution >= 0.6 is 0 Å². The van der Waals surface area contributed by atoms with Crippen molar-refractivity contribution in [3.8, 4) is 11.5 Å². The number of nitrogens with zero attached hydrogens (tertiary/aromatic N) is 1. The largest absolute Gasteiger partial charge is 0.456 e. The van der Waals surface area contributed by atoms with Crippen LogP contribution in [0, 0.1) is 13.8 Å². The number of benzene rings is 1. The van der Waals surface area contributed by atoms with Gasteiger partial charge in [-0.2, -0.15) is 0 Å². The van der Waals surface area contributed by atoms with Crippen LogP contribution in [0.1, 0.15) is 52.0 Å². The first-order chi connectivity index (χ1) is 13.8. The van der Waals surface area contributed by atoms with E-state index in [9.17, 15) is 14.4 Å². The van der Waals surface area contributed by atoms with Crippen LogP contribution in [0.2, 0.25) is 0 Å². The molecule has 0 aliphatic carbocycles. The molecule has 1 aliphatic rings. The first kappa shape index (κ1) is 20.4. The number of aromatic nitrogens is 1. The van der Waals surface area contributed by atoms with E-state index >= 15 is 0 Å². The van der Waals surface area contributed by atoms with Crippen LogP contribution in [0.5, 0.6) is 11.5 Å². The zero-order valence-corrected chi connectivity index (χ0v) is 16.9. The first-order valence-electron chi connectivity index (χ1n) is 9.33. The molecule has 0 bridgehead atoms. The molecule has 2 heterocycles. The van der Waals surface area contributed by atoms with Crippen LogP contribution in [0.25, 0.3) is 0 Å². The number of hydrogen-bond donors (Lipinski definition) is 1. The molecule has 0 saturated heterocycles. The Labute approximate surface area is 168 Å². The van der Waals surface area contributed by atoms with Gasteiger partial charge in [0.25, 0.3) is 5.91 Å². The van der Waals surface area contributed by atoms with Gasteiger partial charge in [-0.1, -0.05) is 0 Å². The number of fused-ring (bicyclic) bond motifs is 1. The average molecular weight is 400 g/mol. The van der Waals surface area contributed by atoms with Gasteiger partial charge < -0.3 is 24.1 Å². The minimum Gasteiger partial charge on any atom is -0.456 e. The number of carbonyl (C=O) groups excluding carboxylic acids is 3. The van der Waals surface area contributed by atoms with Crippen molar-refractivity contribution in [3.05, 3.63) is 46.8 Å². The van der Waals surface area contributed by atoms with E-state index in [0.29, 0.717) is 22.6 Å². The molecule has 0 unspecified atom stereocenters. The van der Waals surface area contributed by atoms with Crippen molar-refractivity contribution < 1.29 is 28.6 Å². The van der Waals surface area contributed by atoms with Crippen LogP contribution in [0.4, 0.5) is 0 Å². The highest BCUT2D eigenvalue weighted by molar-refractivity contribution is 6.00. The van der Waals surface area contributed by atoms with Gasteiger partial charge in [0, 0.05) is 28.6 Å². The van der Waals surface area contributed by atoms with Crippen molar-refractivity contribution in [2.45, 2.75) is 33.7 Å². The van der Waals surface area contributed by atoms with Crippen LogP contribution in [-0.4, -0.2) is 42.2 Å². The molecule has 0 spiro atoms. The Morgan fingerprint density at radius 2 is 1.86 bits per heavy atom. The molecule has 1 aromatic heterocycles. The smallest absolute Gasteiger partial charge is 0.325 e. The average Bonchev–Trinajstić information content (AvgIpc) is 3.27. The maximum atomic E-state index is 12.4. The lowest BCUT2D eigenvalue weighted by Crippen LogP contribution is -2.31. The monoisotopic (exact) mass is 400 g/mol. The summed E-state index contributed by atoms with van der Waals surface area (Å²) in [5.74, 6) is -0.376. The molecule has 1 amide bonds. The zero-order chi connectivity index (χ0) is 21.1. The van der Waals surface area contributed by atoms with E-state index in [0.717, 1.165) is 11.4 Å². The molecule has 3 rings (SSSR count). The summed E-state index contributed by atoms with van der Waals surface area (Å²) in [6.07, 6.45) is 0. The Morgan fingerprint density at radius 3 is 2.55 bits per heavy atom. The van der Waals surface area contributed by atoms with Gasteiger partial charge in [0.1, 0.15) is 6.54 Å². The fraction of sp³-hybridized carbons (Fsp3) is 0.381. The van der Waals surface area contributed by atoms with Gasteiger partial charge in [-0.3, -0.25) is 14.4 Å². The molecule has 0 radical (unpaired) electrons. The van der Waals surface area contributed by atoms with E-state index in [2.05, 4.69) is 9.88 Å². The minimum atomic E-state index is -0.690. The summed E-state index contributed by atoms with van der Waals surface area (Å²) >= 11 is 0. The number of ether oxygens (including phenoxy) is 3.